The number of benzene rings is 1. The first kappa shape index (κ1) is 11.5. The second-order valence-electron chi connectivity index (χ2n) is 2.58. The summed E-state index contributed by atoms with van der Waals surface area (Å²) in [6.07, 6.45) is 1.24. The molecular formula is C10H5FIN3. The second-order valence-corrected chi connectivity index (χ2v) is 3.83. The molecule has 0 atom stereocenters. The van der Waals surface area contributed by atoms with Crippen LogP contribution in [-0.4, -0.2) is 0 Å². The van der Waals surface area contributed by atoms with E-state index in [2.05, 4.69) is 5.32 Å². The fraction of sp³-hybridized carbons (Fsp3) is 0. The first-order valence-electron chi connectivity index (χ1n) is 3.88. The van der Waals surface area contributed by atoms with Gasteiger partial charge in [-0.1, -0.05) is 0 Å². The zero-order valence-electron chi connectivity index (χ0n) is 7.46. The summed E-state index contributed by atoms with van der Waals surface area (Å²) >= 11 is 1.98. The van der Waals surface area contributed by atoms with Crippen molar-refractivity contribution in [3.8, 4) is 12.1 Å². The molecule has 15 heavy (non-hydrogen) atoms. The molecule has 5 heteroatoms. The van der Waals surface area contributed by atoms with E-state index in [0.29, 0.717) is 5.69 Å². The van der Waals surface area contributed by atoms with E-state index in [9.17, 15) is 4.39 Å². The molecule has 1 aromatic rings. The maximum atomic E-state index is 12.9. The number of nitrogens with one attached hydrogen (secondary N) is 1. The summed E-state index contributed by atoms with van der Waals surface area (Å²) < 4.78 is 13.7. The monoisotopic (exact) mass is 313 g/mol. The lowest BCUT2D eigenvalue weighted by Gasteiger charge is -2.01. The van der Waals surface area contributed by atoms with Gasteiger partial charge in [0.2, 0.25) is 0 Å². The summed E-state index contributed by atoms with van der Waals surface area (Å²) in [6.45, 7) is 0. The highest BCUT2D eigenvalue weighted by Crippen LogP contribution is 2.15. The van der Waals surface area contributed by atoms with Crippen LogP contribution in [0.15, 0.2) is 30.0 Å². The number of hydrogen-bond acceptors (Lipinski definition) is 3. The van der Waals surface area contributed by atoms with Gasteiger partial charge in [-0.2, -0.15) is 10.5 Å². The molecular weight excluding hydrogens is 308 g/mol. The molecule has 0 spiro atoms. The Bertz CT molecular complexity index is 446. The first-order valence-corrected chi connectivity index (χ1v) is 4.96. The van der Waals surface area contributed by atoms with Crippen molar-refractivity contribution in [3.63, 3.8) is 0 Å². The Kier molecular flexibility index (Phi) is 4.07. The smallest absolute Gasteiger partial charge is 0.145 e. The van der Waals surface area contributed by atoms with Crippen LogP contribution in [0.2, 0.25) is 0 Å². The van der Waals surface area contributed by atoms with Crippen LogP contribution in [0.1, 0.15) is 0 Å². The standard InChI is InChI=1S/C10H5FIN3/c11-8-1-9(12)3-10(2-8)15-6-7(4-13)5-14/h1-3,6,15H. The van der Waals surface area contributed by atoms with Gasteiger partial charge in [-0.3, -0.25) is 0 Å². The minimum Gasteiger partial charge on any atom is -0.360 e. The Balaban J connectivity index is 2.88. The molecule has 1 aromatic carbocycles. The zero-order chi connectivity index (χ0) is 11.3. The predicted molar refractivity (Wildman–Crippen MR) is 62.0 cm³/mol. The molecule has 0 amide bonds. The van der Waals surface area contributed by atoms with E-state index < -0.39 is 0 Å². The first-order chi connectivity index (χ1) is 7.15. The van der Waals surface area contributed by atoms with Gasteiger partial charge in [0.25, 0.3) is 0 Å². The number of hydrogen-bond donors (Lipinski definition) is 1. The van der Waals surface area contributed by atoms with Crippen molar-refractivity contribution >= 4 is 28.3 Å². The van der Waals surface area contributed by atoms with E-state index in [1.54, 1.807) is 18.2 Å². The number of allylic oxidation sites excluding steroid dienone is 1. The molecule has 0 unspecified atom stereocenters. The summed E-state index contributed by atoms with van der Waals surface area (Å²) in [5, 5.41) is 19.6. The summed E-state index contributed by atoms with van der Waals surface area (Å²) in [5.74, 6) is -0.367. The van der Waals surface area contributed by atoms with E-state index in [0.717, 1.165) is 3.57 Å². The zero-order valence-corrected chi connectivity index (χ0v) is 9.62. The van der Waals surface area contributed by atoms with Crippen molar-refractivity contribution in [3.05, 3.63) is 39.4 Å². The molecule has 0 heterocycles. The van der Waals surface area contributed by atoms with Crippen LogP contribution in [0.3, 0.4) is 0 Å². The molecule has 3 nitrogen and oxygen atoms in total. The summed E-state index contributed by atoms with van der Waals surface area (Å²) in [5.41, 5.74) is 0.441. The van der Waals surface area contributed by atoms with Crippen molar-refractivity contribution < 1.29 is 4.39 Å². The molecule has 0 aliphatic heterocycles. The van der Waals surface area contributed by atoms with Gasteiger partial charge in [-0.25, -0.2) is 4.39 Å². The van der Waals surface area contributed by atoms with Gasteiger partial charge in [0.15, 0.2) is 0 Å². The van der Waals surface area contributed by atoms with Gasteiger partial charge in [-0.15, -0.1) is 0 Å². The fourth-order valence-electron chi connectivity index (χ4n) is 0.882. The number of nitriles is 2. The van der Waals surface area contributed by atoms with Crippen LogP contribution in [0.5, 0.6) is 0 Å². The van der Waals surface area contributed by atoms with Gasteiger partial charge in [0.05, 0.1) is 0 Å². The van der Waals surface area contributed by atoms with Crippen LogP contribution in [-0.2, 0) is 0 Å². The second kappa shape index (κ2) is 5.32. The van der Waals surface area contributed by atoms with Crippen molar-refractivity contribution in [2.45, 2.75) is 0 Å². The van der Waals surface area contributed by atoms with E-state index in [1.165, 1.54) is 18.3 Å². The Hall–Kier alpha value is -1.60. The Labute approximate surface area is 100.0 Å². The number of nitrogens with zero attached hydrogens (tertiary/aromatic N) is 2. The number of rotatable bonds is 2. The van der Waals surface area contributed by atoms with Gasteiger partial charge in [0.1, 0.15) is 23.5 Å². The highest BCUT2D eigenvalue weighted by molar-refractivity contribution is 14.1. The van der Waals surface area contributed by atoms with Crippen LogP contribution in [0, 0.1) is 32.0 Å². The molecule has 1 rings (SSSR count). The number of halogens is 2. The molecule has 0 fully saturated rings. The summed E-state index contributed by atoms with van der Waals surface area (Å²) in [6, 6.07) is 7.75. The highest BCUT2D eigenvalue weighted by atomic mass is 127. The Morgan fingerprint density at radius 3 is 2.53 bits per heavy atom. The van der Waals surface area contributed by atoms with E-state index in [1.807, 2.05) is 22.6 Å². The predicted octanol–water partition coefficient (Wildman–Crippen LogP) is 2.77. The van der Waals surface area contributed by atoms with Crippen molar-refractivity contribution in [2.75, 3.05) is 5.32 Å². The van der Waals surface area contributed by atoms with Crippen LogP contribution in [0.4, 0.5) is 10.1 Å². The van der Waals surface area contributed by atoms with Gasteiger partial charge < -0.3 is 5.32 Å². The fourth-order valence-corrected chi connectivity index (χ4v) is 1.52. The molecule has 1 N–H and O–H groups in total. The molecule has 0 radical (unpaired) electrons. The lowest BCUT2D eigenvalue weighted by Crippen LogP contribution is -1.91. The van der Waals surface area contributed by atoms with E-state index in [4.69, 9.17) is 10.5 Å². The third-order valence-electron chi connectivity index (χ3n) is 1.49. The lowest BCUT2D eigenvalue weighted by atomic mass is 10.3. The van der Waals surface area contributed by atoms with Gasteiger partial charge in [-0.05, 0) is 40.8 Å². The van der Waals surface area contributed by atoms with Crippen molar-refractivity contribution in [2.24, 2.45) is 0 Å². The van der Waals surface area contributed by atoms with Gasteiger partial charge in [0, 0.05) is 15.5 Å². The maximum absolute atomic E-state index is 12.9. The third kappa shape index (κ3) is 3.56. The largest absolute Gasteiger partial charge is 0.360 e. The van der Waals surface area contributed by atoms with E-state index >= 15 is 0 Å². The quantitative estimate of drug-likeness (QED) is 0.675. The average molecular weight is 313 g/mol. The van der Waals surface area contributed by atoms with Crippen LogP contribution < -0.4 is 5.32 Å². The van der Waals surface area contributed by atoms with E-state index in [-0.39, 0.29) is 11.4 Å². The maximum Gasteiger partial charge on any atom is 0.145 e. The lowest BCUT2D eigenvalue weighted by molar-refractivity contribution is 0.627. The Morgan fingerprint density at radius 2 is 2.00 bits per heavy atom. The van der Waals surface area contributed by atoms with Crippen molar-refractivity contribution in [1.82, 2.24) is 0 Å². The van der Waals surface area contributed by atoms with Gasteiger partial charge >= 0.3 is 0 Å². The van der Waals surface area contributed by atoms with Crippen molar-refractivity contribution in [1.29, 1.82) is 10.5 Å². The SMILES string of the molecule is N#CC(C#N)=CNc1cc(F)cc(I)c1. The number of anilines is 1. The third-order valence-corrected chi connectivity index (χ3v) is 2.11. The molecule has 74 valence electrons. The topological polar surface area (TPSA) is 59.6 Å². The van der Waals surface area contributed by atoms with Crippen LogP contribution >= 0.6 is 22.6 Å². The summed E-state index contributed by atoms with van der Waals surface area (Å²) in [7, 11) is 0. The summed E-state index contributed by atoms with van der Waals surface area (Å²) in [4.78, 5) is 0. The molecule has 0 saturated heterocycles. The van der Waals surface area contributed by atoms with Crippen LogP contribution in [0.25, 0.3) is 0 Å². The minimum absolute atomic E-state index is 0.0609. The normalized spacial score (nSPS) is 8.53. The molecule has 0 aliphatic carbocycles. The molecule has 0 saturated carbocycles. The average Bonchev–Trinajstić information content (AvgIpc) is 2.18. The molecule has 0 aromatic heterocycles. The Morgan fingerprint density at radius 1 is 1.33 bits per heavy atom. The molecule has 0 aliphatic rings. The minimum atomic E-state index is -0.367. The molecule has 0 bridgehead atoms. The highest BCUT2D eigenvalue weighted by Gasteiger charge is 1.97.